The number of aryl methyl sites for hydroxylation is 1. The fourth-order valence-corrected chi connectivity index (χ4v) is 2.73. The molecule has 2 heterocycles. The summed E-state index contributed by atoms with van der Waals surface area (Å²) in [5.41, 5.74) is 4.12. The first kappa shape index (κ1) is 13.1. The average Bonchev–Trinajstić information content (AvgIpc) is 2.92. The van der Waals surface area contributed by atoms with Crippen molar-refractivity contribution in [1.29, 1.82) is 0 Å². The van der Waals surface area contributed by atoms with E-state index >= 15 is 0 Å². The quantitative estimate of drug-likeness (QED) is 0.747. The van der Waals surface area contributed by atoms with Crippen LogP contribution in [-0.4, -0.2) is 9.97 Å². The number of hydrogen-bond donors (Lipinski definition) is 1. The third-order valence-corrected chi connectivity index (χ3v) is 3.91. The van der Waals surface area contributed by atoms with Crippen LogP contribution in [0.2, 0.25) is 5.02 Å². The molecule has 0 saturated heterocycles. The molecule has 0 spiro atoms. The number of hydrogen-bond acceptors (Lipinski definition) is 4. The van der Waals surface area contributed by atoms with Gasteiger partial charge in [0.2, 0.25) is 0 Å². The van der Waals surface area contributed by atoms with Crippen LogP contribution in [0.1, 0.15) is 5.56 Å². The molecule has 3 aromatic rings. The summed E-state index contributed by atoms with van der Waals surface area (Å²) < 4.78 is 0. The molecule has 5 heteroatoms. The molecule has 0 aliphatic carbocycles. The number of halogens is 1. The smallest absolute Gasteiger partial charge is 0.187 e. The first-order chi connectivity index (χ1) is 9.72. The summed E-state index contributed by atoms with van der Waals surface area (Å²) >= 11 is 7.59. The lowest BCUT2D eigenvalue weighted by atomic mass is 10.2. The Morgan fingerprint density at radius 2 is 1.95 bits per heavy atom. The number of thiazole rings is 1. The molecule has 0 atom stereocenters. The Labute approximate surface area is 126 Å². The largest absolute Gasteiger partial charge is 0.331 e. The third-order valence-electron chi connectivity index (χ3n) is 2.92. The zero-order valence-electron chi connectivity index (χ0n) is 10.8. The minimum atomic E-state index is 0.712. The van der Waals surface area contributed by atoms with Crippen LogP contribution in [0, 0.1) is 6.92 Å². The molecule has 0 amide bonds. The van der Waals surface area contributed by atoms with Gasteiger partial charge in [-0.15, -0.1) is 11.3 Å². The van der Waals surface area contributed by atoms with Crippen LogP contribution in [0.5, 0.6) is 0 Å². The van der Waals surface area contributed by atoms with E-state index in [-0.39, 0.29) is 0 Å². The Hall–Kier alpha value is -1.91. The summed E-state index contributed by atoms with van der Waals surface area (Å²) in [6, 6.07) is 9.67. The second-order valence-electron chi connectivity index (χ2n) is 4.36. The number of aromatic nitrogens is 2. The van der Waals surface area contributed by atoms with Crippen molar-refractivity contribution in [3.05, 3.63) is 58.7 Å². The van der Waals surface area contributed by atoms with Crippen molar-refractivity contribution in [1.82, 2.24) is 9.97 Å². The van der Waals surface area contributed by atoms with E-state index < -0.39 is 0 Å². The van der Waals surface area contributed by atoms with Crippen LogP contribution in [-0.2, 0) is 0 Å². The van der Waals surface area contributed by atoms with E-state index in [1.54, 1.807) is 23.7 Å². The second-order valence-corrected chi connectivity index (χ2v) is 5.65. The van der Waals surface area contributed by atoms with Crippen molar-refractivity contribution < 1.29 is 0 Å². The predicted octanol–water partition coefficient (Wildman–Crippen LogP) is 4.91. The molecule has 1 aromatic carbocycles. The molecule has 0 saturated carbocycles. The van der Waals surface area contributed by atoms with Crippen LogP contribution in [0.3, 0.4) is 0 Å². The number of anilines is 2. The van der Waals surface area contributed by atoms with Gasteiger partial charge in [-0.2, -0.15) is 0 Å². The minimum absolute atomic E-state index is 0.712. The van der Waals surface area contributed by atoms with Crippen molar-refractivity contribution in [2.45, 2.75) is 6.92 Å². The van der Waals surface area contributed by atoms with E-state index in [4.69, 9.17) is 11.6 Å². The molecule has 3 rings (SSSR count). The summed E-state index contributed by atoms with van der Waals surface area (Å²) in [4.78, 5) is 8.60. The van der Waals surface area contributed by atoms with Crippen LogP contribution in [0.15, 0.2) is 48.1 Å². The number of rotatable bonds is 3. The van der Waals surface area contributed by atoms with Gasteiger partial charge in [-0.1, -0.05) is 17.7 Å². The lowest BCUT2D eigenvalue weighted by Crippen LogP contribution is -1.92. The van der Waals surface area contributed by atoms with Crippen LogP contribution in [0.4, 0.5) is 10.8 Å². The molecular weight excluding hydrogens is 290 g/mol. The van der Waals surface area contributed by atoms with E-state index in [9.17, 15) is 0 Å². The predicted molar refractivity (Wildman–Crippen MR) is 84.8 cm³/mol. The Bertz CT molecular complexity index is 725. The van der Waals surface area contributed by atoms with Gasteiger partial charge in [0.05, 0.1) is 5.69 Å². The number of pyridine rings is 1. The summed E-state index contributed by atoms with van der Waals surface area (Å²) in [5.74, 6) is 0. The molecule has 0 radical (unpaired) electrons. The SMILES string of the molecule is Cc1ccc(Cl)cc1Nc1nc(-c2ccncc2)cs1. The van der Waals surface area contributed by atoms with E-state index in [0.29, 0.717) is 5.02 Å². The van der Waals surface area contributed by atoms with Gasteiger partial charge in [0, 0.05) is 34.0 Å². The van der Waals surface area contributed by atoms with Crippen molar-refractivity contribution in [3.8, 4) is 11.3 Å². The molecular formula is C15H12ClN3S. The molecule has 0 aliphatic rings. The average molecular weight is 302 g/mol. The maximum Gasteiger partial charge on any atom is 0.187 e. The van der Waals surface area contributed by atoms with Crippen LogP contribution in [0.25, 0.3) is 11.3 Å². The van der Waals surface area contributed by atoms with Crippen LogP contribution >= 0.6 is 22.9 Å². The van der Waals surface area contributed by atoms with E-state index in [1.165, 1.54) is 0 Å². The fraction of sp³-hybridized carbons (Fsp3) is 0.0667. The van der Waals surface area contributed by atoms with Crippen LogP contribution < -0.4 is 5.32 Å². The zero-order chi connectivity index (χ0) is 13.9. The van der Waals surface area contributed by atoms with Gasteiger partial charge in [-0.3, -0.25) is 4.98 Å². The Kier molecular flexibility index (Phi) is 3.67. The van der Waals surface area contributed by atoms with Gasteiger partial charge < -0.3 is 5.32 Å². The van der Waals surface area contributed by atoms with E-state index in [0.717, 1.165) is 27.6 Å². The number of nitrogens with one attached hydrogen (secondary N) is 1. The fourth-order valence-electron chi connectivity index (χ4n) is 1.83. The van der Waals surface area contributed by atoms with Crippen molar-refractivity contribution in [2.75, 3.05) is 5.32 Å². The van der Waals surface area contributed by atoms with Crippen molar-refractivity contribution >= 4 is 33.8 Å². The van der Waals surface area contributed by atoms with Gasteiger partial charge in [0.15, 0.2) is 5.13 Å². The topological polar surface area (TPSA) is 37.8 Å². The molecule has 0 aliphatic heterocycles. The monoisotopic (exact) mass is 301 g/mol. The molecule has 1 N–H and O–H groups in total. The summed E-state index contributed by atoms with van der Waals surface area (Å²) in [6.07, 6.45) is 3.53. The lowest BCUT2D eigenvalue weighted by Gasteiger charge is -2.06. The standard InChI is InChI=1S/C15H12ClN3S/c1-10-2-3-12(16)8-13(10)18-15-19-14(9-20-15)11-4-6-17-7-5-11/h2-9H,1H3,(H,18,19). The highest BCUT2D eigenvalue weighted by Gasteiger charge is 2.06. The first-order valence-electron chi connectivity index (χ1n) is 6.11. The maximum atomic E-state index is 6.02. The van der Waals surface area contributed by atoms with Gasteiger partial charge >= 0.3 is 0 Å². The molecule has 100 valence electrons. The van der Waals surface area contributed by atoms with Gasteiger partial charge in [-0.05, 0) is 36.8 Å². The normalized spacial score (nSPS) is 10.5. The van der Waals surface area contributed by atoms with E-state index in [1.807, 2.05) is 42.6 Å². The molecule has 0 fully saturated rings. The second kappa shape index (κ2) is 5.61. The van der Waals surface area contributed by atoms with Gasteiger partial charge in [0.1, 0.15) is 0 Å². The molecule has 20 heavy (non-hydrogen) atoms. The lowest BCUT2D eigenvalue weighted by molar-refractivity contribution is 1.31. The zero-order valence-corrected chi connectivity index (χ0v) is 12.4. The van der Waals surface area contributed by atoms with Crippen molar-refractivity contribution in [2.24, 2.45) is 0 Å². The highest BCUT2D eigenvalue weighted by Crippen LogP contribution is 2.29. The Balaban J connectivity index is 1.86. The maximum absolute atomic E-state index is 6.02. The highest BCUT2D eigenvalue weighted by atomic mass is 35.5. The summed E-state index contributed by atoms with van der Waals surface area (Å²) in [7, 11) is 0. The van der Waals surface area contributed by atoms with Gasteiger partial charge in [0.25, 0.3) is 0 Å². The Morgan fingerprint density at radius 1 is 1.15 bits per heavy atom. The third kappa shape index (κ3) is 2.81. The minimum Gasteiger partial charge on any atom is -0.331 e. The number of benzene rings is 1. The highest BCUT2D eigenvalue weighted by molar-refractivity contribution is 7.14. The van der Waals surface area contributed by atoms with Crippen molar-refractivity contribution in [3.63, 3.8) is 0 Å². The van der Waals surface area contributed by atoms with E-state index in [2.05, 4.69) is 15.3 Å². The first-order valence-corrected chi connectivity index (χ1v) is 7.37. The molecule has 2 aromatic heterocycles. The molecule has 0 unspecified atom stereocenters. The summed E-state index contributed by atoms with van der Waals surface area (Å²) in [6.45, 7) is 2.04. The molecule has 3 nitrogen and oxygen atoms in total. The Morgan fingerprint density at radius 3 is 2.75 bits per heavy atom. The van der Waals surface area contributed by atoms with Gasteiger partial charge in [-0.25, -0.2) is 4.98 Å². The molecule has 0 bridgehead atoms. The number of nitrogens with zero attached hydrogens (tertiary/aromatic N) is 2. The summed E-state index contributed by atoms with van der Waals surface area (Å²) in [5, 5.41) is 6.90.